The molecule has 3 fully saturated rings. The molecule has 0 aromatic rings. The van der Waals surface area contributed by atoms with Gasteiger partial charge in [-0.2, -0.15) is 0 Å². The maximum Gasteiger partial charge on any atom is 0.155 e. The average Bonchev–Trinajstić information content (AvgIpc) is 2.94. The number of hydrogen-bond donors (Lipinski definition) is 1. The number of allylic oxidation sites excluding steroid dienone is 1. The lowest BCUT2D eigenvalue weighted by molar-refractivity contribution is -0.157. The van der Waals surface area contributed by atoms with Gasteiger partial charge in [-0.15, -0.1) is 11.6 Å². The molecule has 146 valence electrons. The fraction of sp³-hybridized carbons (Fsp3) is 0.864. The Morgan fingerprint density at radius 3 is 2.85 bits per heavy atom. The molecule has 4 rings (SSSR count). The molecular formula is C22H33ClO3. The van der Waals surface area contributed by atoms with Crippen LogP contribution in [0.15, 0.2) is 11.6 Å². The van der Waals surface area contributed by atoms with Gasteiger partial charge >= 0.3 is 0 Å². The minimum atomic E-state index is -0.317. The van der Waals surface area contributed by atoms with Crippen molar-refractivity contribution in [1.82, 2.24) is 0 Å². The number of carbonyl (C=O) groups is 1. The van der Waals surface area contributed by atoms with Crippen molar-refractivity contribution >= 4 is 17.4 Å². The van der Waals surface area contributed by atoms with Crippen molar-refractivity contribution in [3.05, 3.63) is 11.6 Å². The normalized spacial score (nSPS) is 47.8. The molecule has 4 aliphatic carbocycles. The SMILES string of the molecule is CCO[C@@H]1CC[C@H]2[C@@H]3CCC4=CC(=O)CC[C@]4(C)[C@H]3[C@@H](O)C[C@]12CCCl. The second kappa shape index (κ2) is 6.90. The lowest BCUT2D eigenvalue weighted by atomic mass is 9.46. The monoisotopic (exact) mass is 380 g/mol. The summed E-state index contributed by atoms with van der Waals surface area (Å²) in [5, 5.41) is 11.4. The lowest BCUT2D eigenvalue weighted by Gasteiger charge is -2.60. The summed E-state index contributed by atoms with van der Waals surface area (Å²) in [6, 6.07) is 0. The fourth-order valence-electron chi connectivity index (χ4n) is 7.51. The Morgan fingerprint density at radius 1 is 1.31 bits per heavy atom. The van der Waals surface area contributed by atoms with Crippen LogP contribution < -0.4 is 0 Å². The molecule has 0 aromatic heterocycles. The predicted molar refractivity (Wildman–Crippen MR) is 103 cm³/mol. The van der Waals surface area contributed by atoms with Crippen LogP contribution in [0.3, 0.4) is 0 Å². The predicted octanol–water partition coefficient (Wildman–Crippen LogP) is 4.50. The highest BCUT2D eigenvalue weighted by molar-refractivity contribution is 6.17. The lowest BCUT2D eigenvalue weighted by Crippen LogP contribution is -2.58. The number of hydrogen-bond acceptors (Lipinski definition) is 3. The van der Waals surface area contributed by atoms with E-state index in [0.717, 1.165) is 45.1 Å². The van der Waals surface area contributed by atoms with Crippen molar-refractivity contribution in [3.63, 3.8) is 0 Å². The minimum absolute atomic E-state index is 0.00688. The van der Waals surface area contributed by atoms with Gasteiger partial charge in [0, 0.05) is 24.3 Å². The number of carbonyl (C=O) groups excluding carboxylic acids is 1. The molecule has 4 aliphatic rings. The first kappa shape index (κ1) is 19.0. The standard InChI is InChI=1S/C22H33ClO3/c1-3-26-19-7-6-17-16-5-4-14-12-15(24)8-9-21(14,2)20(16)18(25)13-22(17,19)10-11-23/h12,16-20,25H,3-11,13H2,1-2H3/t16-,17-,18-,19+,20+,21-,22-/m0/s1. The van der Waals surface area contributed by atoms with Crippen LogP contribution >= 0.6 is 11.6 Å². The molecule has 0 unspecified atom stereocenters. The van der Waals surface area contributed by atoms with Gasteiger partial charge in [0.1, 0.15) is 0 Å². The van der Waals surface area contributed by atoms with Gasteiger partial charge in [-0.05, 0) is 81.1 Å². The van der Waals surface area contributed by atoms with Crippen LogP contribution in [0.1, 0.15) is 65.2 Å². The first-order valence-electron chi connectivity index (χ1n) is 10.6. The number of halogens is 1. The molecule has 26 heavy (non-hydrogen) atoms. The van der Waals surface area contributed by atoms with Crippen molar-refractivity contribution in [2.45, 2.75) is 77.4 Å². The van der Waals surface area contributed by atoms with Crippen LogP contribution in [0.25, 0.3) is 0 Å². The van der Waals surface area contributed by atoms with Gasteiger partial charge in [0.15, 0.2) is 5.78 Å². The van der Waals surface area contributed by atoms with Gasteiger partial charge in [-0.1, -0.05) is 12.5 Å². The molecule has 7 atom stereocenters. The first-order valence-corrected chi connectivity index (χ1v) is 11.1. The first-order chi connectivity index (χ1) is 12.5. The third-order valence-corrected chi connectivity index (χ3v) is 8.66. The Balaban J connectivity index is 1.70. The Kier molecular flexibility index (Phi) is 5.03. The molecule has 0 aliphatic heterocycles. The smallest absolute Gasteiger partial charge is 0.155 e. The quantitative estimate of drug-likeness (QED) is 0.730. The largest absolute Gasteiger partial charge is 0.393 e. The highest BCUT2D eigenvalue weighted by Gasteiger charge is 2.63. The van der Waals surface area contributed by atoms with E-state index >= 15 is 0 Å². The summed E-state index contributed by atoms with van der Waals surface area (Å²) in [5.74, 6) is 2.32. The molecule has 3 nitrogen and oxygen atoms in total. The molecule has 0 amide bonds. The molecule has 0 saturated heterocycles. The van der Waals surface area contributed by atoms with E-state index in [1.807, 2.05) is 6.08 Å². The molecule has 0 aromatic carbocycles. The fourth-order valence-corrected chi connectivity index (χ4v) is 7.86. The number of ketones is 1. The van der Waals surface area contributed by atoms with Crippen molar-refractivity contribution < 1.29 is 14.6 Å². The number of fused-ring (bicyclic) bond motifs is 5. The van der Waals surface area contributed by atoms with Crippen LogP contribution in [0, 0.1) is 28.6 Å². The van der Waals surface area contributed by atoms with Gasteiger partial charge in [0.05, 0.1) is 12.2 Å². The van der Waals surface area contributed by atoms with E-state index < -0.39 is 0 Å². The maximum absolute atomic E-state index is 12.0. The number of aliphatic hydroxyl groups is 1. The summed E-state index contributed by atoms with van der Waals surface area (Å²) in [6.45, 7) is 5.12. The summed E-state index contributed by atoms with van der Waals surface area (Å²) >= 11 is 6.25. The van der Waals surface area contributed by atoms with Crippen LogP contribution in [0.4, 0.5) is 0 Å². The minimum Gasteiger partial charge on any atom is -0.393 e. The van der Waals surface area contributed by atoms with Gasteiger partial charge in [0.25, 0.3) is 0 Å². The van der Waals surface area contributed by atoms with Crippen LogP contribution in [0.2, 0.25) is 0 Å². The molecule has 1 N–H and O–H groups in total. The second-order valence-corrected chi connectivity index (χ2v) is 9.73. The number of rotatable bonds is 4. The number of ether oxygens (including phenoxy) is 1. The number of alkyl halides is 1. The van der Waals surface area contributed by atoms with Gasteiger partial charge in [-0.25, -0.2) is 0 Å². The van der Waals surface area contributed by atoms with E-state index in [1.165, 1.54) is 12.0 Å². The zero-order chi connectivity index (χ0) is 18.5. The van der Waals surface area contributed by atoms with Gasteiger partial charge in [-0.3, -0.25) is 4.79 Å². The molecule has 0 spiro atoms. The number of aliphatic hydroxyl groups excluding tert-OH is 1. The third-order valence-electron chi connectivity index (χ3n) is 8.47. The summed E-state index contributed by atoms with van der Waals surface area (Å²) < 4.78 is 6.18. The van der Waals surface area contributed by atoms with Crippen molar-refractivity contribution in [3.8, 4) is 0 Å². The molecule has 0 bridgehead atoms. The van der Waals surface area contributed by atoms with Gasteiger partial charge < -0.3 is 9.84 Å². The van der Waals surface area contributed by atoms with E-state index in [1.54, 1.807) is 0 Å². The molecule has 3 saturated carbocycles. The van der Waals surface area contributed by atoms with E-state index in [9.17, 15) is 9.90 Å². The highest BCUT2D eigenvalue weighted by atomic mass is 35.5. The van der Waals surface area contributed by atoms with Crippen molar-refractivity contribution in [1.29, 1.82) is 0 Å². The van der Waals surface area contributed by atoms with Crippen LogP contribution in [0.5, 0.6) is 0 Å². The molecule has 0 radical (unpaired) electrons. The third kappa shape index (κ3) is 2.64. The van der Waals surface area contributed by atoms with Crippen molar-refractivity contribution in [2.24, 2.45) is 28.6 Å². The van der Waals surface area contributed by atoms with Crippen molar-refractivity contribution in [2.75, 3.05) is 12.5 Å². The summed E-state index contributed by atoms with van der Waals surface area (Å²) in [6.07, 6.45) is 9.54. The topological polar surface area (TPSA) is 46.5 Å². The molecular weight excluding hydrogens is 348 g/mol. The summed E-state index contributed by atoms with van der Waals surface area (Å²) in [7, 11) is 0. The Morgan fingerprint density at radius 2 is 2.12 bits per heavy atom. The Labute approximate surface area is 162 Å². The van der Waals surface area contributed by atoms with Crippen LogP contribution in [-0.2, 0) is 9.53 Å². The summed E-state index contributed by atoms with van der Waals surface area (Å²) in [4.78, 5) is 12.0. The second-order valence-electron chi connectivity index (χ2n) is 9.35. The zero-order valence-corrected chi connectivity index (χ0v) is 16.9. The Hall–Kier alpha value is -0.380. The van der Waals surface area contributed by atoms with E-state index in [-0.39, 0.29) is 34.7 Å². The molecule has 0 heterocycles. The van der Waals surface area contributed by atoms with E-state index in [0.29, 0.717) is 24.1 Å². The van der Waals surface area contributed by atoms with E-state index in [4.69, 9.17) is 16.3 Å². The van der Waals surface area contributed by atoms with Crippen LogP contribution in [-0.4, -0.2) is 35.6 Å². The Bertz CT molecular complexity index is 602. The molecule has 4 heteroatoms. The summed E-state index contributed by atoms with van der Waals surface area (Å²) in [5.41, 5.74) is 1.34. The zero-order valence-electron chi connectivity index (χ0n) is 16.2. The van der Waals surface area contributed by atoms with E-state index in [2.05, 4.69) is 13.8 Å². The highest BCUT2D eigenvalue weighted by Crippen LogP contribution is 2.66. The average molecular weight is 381 g/mol. The maximum atomic E-state index is 12.0. The van der Waals surface area contributed by atoms with Gasteiger partial charge in [0.2, 0.25) is 0 Å².